The fourth-order valence-electron chi connectivity index (χ4n) is 1.33. The molecule has 0 amide bonds. The molecule has 88 valence electrons. The SMILES string of the molecule is COC(=O)C(O)Cc1cc(Br)ccc1OC. The van der Waals surface area contributed by atoms with Gasteiger partial charge in [-0.1, -0.05) is 15.9 Å². The fourth-order valence-corrected chi connectivity index (χ4v) is 1.74. The number of benzene rings is 1. The number of aliphatic hydroxyl groups excluding tert-OH is 1. The Morgan fingerprint density at radius 1 is 1.50 bits per heavy atom. The van der Waals surface area contributed by atoms with E-state index in [1.807, 2.05) is 6.07 Å². The summed E-state index contributed by atoms with van der Waals surface area (Å²) in [5.41, 5.74) is 0.745. The molecule has 5 heteroatoms. The van der Waals surface area contributed by atoms with Crippen molar-refractivity contribution in [2.75, 3.05) is 14.2 Å². The van der Waals surface area contributed by atoms with Gasteiger partial charge >= 0.3 is 5.97 Å². The van der Waals surface area contributed by atoms with Crippen LogP contribution < -0.4 is 4.74 Å². The third-order valence-electron chi connectivity index (χ3n) is 2.13. The van der Waals surface area contributed by atoms with Crippen LogP contribution in [-0.2, 0) is 16.0 Å². The number of carbonyl (C=O) groups is 1. The molecule has 1 atom stereocenters. The molecule has 0 saturated carbocycles. The van der Waals surface area contributed by atoms with Crippen LogP contribution in [0.4, 0.5) is 0 Å². The number of esters is 1. The van der Waals surface area contributed by atoms with E-state index in [0.29, 0.717) is 5.75 Å². The number of rotatable bonds is 4. The quantitative estimate of drug-likeness (QED) is 0.854. The molecule has 1 aromatic rings. The number of carbonyl (C=O) groups excluding carboxylic acids is 1. The van der Waals surface area contributed by atoms with Crippen molar-refractivity contribution in [1.29, 1.82) is 0 Å². The summed E-state index contributed by atoms with van der Waals surface area (Å²) in [5, 5.41) is 9.54. The summed E-state index contributed by atoms with van der Waals surface area (Å²) in [7, 11) is 2.78. The van der Waals surface area contributed by atoms with Gasteiger partial charge in [-0.25, -0.2) is 4.79 Å². The molecule has 0 saturated heterocycles. The van der Waals surface area contributed by atoms with Crippen LogP contribution in [0.25, 0.3) is 0 Å². The van der Waals surface area contributed by atoms with E-state index < -0.39 is 12.1 Å². The summed E-state index contributed by atoms with van der Waals surface area (Å²) in [4.78, 5) is 11.1. The van der Waals surface area contributed by atoms with Gasteiger partial charge in [0, 0.05) is 10.9 Å². The first-order valence-corrected chi connectivity index (χ1v) is 5.46. The predicted molar refractivity (Wildman–Crippen MR) is 62.4 cm³/mol. The minimum absolute atomic E-state index is 0.162. The summed E-state index contributed by atoms with van der Waals surface area (Å²) in [6.07, 6.45) is -1.01. The first-order chi connectivity index (χ1) is 7.58. The van der Waals surface area contributed by atoms with Crippen molar-refractivity contribution in [3.63, 3.8) is 0 Å². The lowest BCUT2D eigenvalue weighted by atomic mass is 10.1. The van der Waals surface area contributed by atoms with Gasteiger partial charge in [-0.3, -0.25) is 0 Å². The van der Waals surface area contributed by atoms with Crippen LogP contribution in [0.2, 0.25) is 0 Å². The number of hydrogen-bond donors (Lipinski definition) is 1. The van der Waals surface area contributed by atoms with Crippen LogP contribution in [0, 0.1) is 0 Å². The van der Waals surface area contributed by atoms with Gasteiger partial charge in [-0.15, -0.1) is 0 Å². The molecule has 0 aliphatic carbocycles. The zero-order valence-corrected chi connectivity index (χ0v) is 10.7. The van der Waals surface area contributed by atoms with Crippen LogP contribution >= 0.6 is 15.9 Å². The van der Waals surface area contributed by atoms with Crippen LogP contribution in [0.1, 0.15) is 5.56 Å². The topological polar surface area (TPSA) is 55.8 Å². The average molecular weight is 289 g/mol. The Hall–Kier alpha value is -1.07. The highest BCUT2D eigenvalue weighted by Crippen LogP contribution is 2.24. The molecule has 0 aromatic heterocycles. The van der Waals surface area contributed by atoms with E-state index in [0.717, 1.165) is 10.0 Å². The van der Waals surface area contributed by atoms with E-state index in [2.05, 4.69) is 20.7 Å². The van der Waals surface area contributed by atoms with E-state index >= 15 is 0 Å². The van der Waals surface area contributed by atoms with Gasteiger partial charge in [0.1, 0.15) is 5.75 Å². The van der Waals surface area contributed by atoms with Crippen LogP contribution in [0.5, 0.6) is 5.75 Å². The molecule has 16 heavy (non-hydrogen) atoms. The normalized spacial score (nSPS) is 12.0. The molecule has 4 nitrogen and oxygen atoms in total. The van der Waals surface area contributed by atoms with Crippen molar-refractivity contribution in [3.8, 4) is 5.75 Å². The zero-order valence-electron chi connectivity index (χ0n) is 9.07. The third-order valence-corrected chi connectivity index (χ3v) is 2.62. The lowest BCUT2D eigenvalue weighted by Crippen LogP contribution is -2.24. The first-order valence-electron chi connectivity index (χ1n) is 4.66. The van der Waals surface area contributed by atoms with Gasteiger partial charge in [-0.05, 0) is 23.8 Å². The standard InChI is InChI=1S/C11H13BrO4/c1-15-10-4-3-8(12)5-7(10)6-9(13)11(14)16-2/h3-5,9,13H,6H2,1-2H3. The Morgan fingerprint density at radius 2 is 2.19 bits per heavy atom. The molecule has 0 spiro atoms. The number of ether oxygens (including phenoxy) is 2. The second-order valence-electron chi connectivity index (χ2n) is 3.20. The lowest BCUT2D eigenvalue weighted by Gasteiger charge is -2.12. The first kappa shape index (κ1) is 13.0. The number of aliphatic hydroxyl groups is 1. The van der Waals surface area contributed by atoms with E-state index in [-0.39, 0.29) is 6.42 Å². The Labute approximate surface area is 102 Å². The maximum Gasteiger partial charge on any atom is 0.335 e. The molecule has 1 N–H and O–H groups in total. The minimum atomic E-state index is -1.17. The van der Waals surface area contributed by atoms with Gasteiger partial charge < -0.3 is 14.6 Å². The molecular formula is C11H13BrO4. The van der Waals surface area contributed by atoms with Gasteiger partial charge in [0.2, 0.25) is 0 Å². The number of methoxy groups -OCH3 is 2. The van der Waals surface area contributed by atoms with E-state index in [1.54, 1.807) is 12.1 Å². The molecule has 1 rings (SSSR count). The van der Waals surface area contributed by atoms with E-state index in [4.69, 9.17) is 4.74 Å². The van der Waals surface area contributed by atoms with Crippen molar-refractivity contribution in [1.82, 2.24) is 0 Å². The molecule has 0 bridgehead atoms. The molecule has 0 aliphatic rings. The highest BCUT2D eigenvalue weighted by Gasteiger charge is 2.18. The number of halogens is 1. The minimum Gasteiger partial charge on any atom is -0.496 e. The fraction of sp³-hybridized carbons (Fsp3) is 0.364. The molecule has 1 unspecified atom stereocenters. The Kier molecular flexibility index (Phi) is 4.76. The van der Waals surface area contributed by atoms with E-state index in [9.17, 15) is 9.90 Å². The van der Waals surface area contributed by atoms with Crippen molar-refractivity contribution >= 4 is 21.9 Å². The summed E-state index contributed by atoms with van der Waals surface area (Å²) in [5.74, 6) is -0.0202. The predicted octanol–water partition coefficient (Wildman–Crippen LogP) is 1.53. The molecule has 1 aromatic carbocycles. The van der Waals surface area contributed by atoms with E-state index in [1.165, 1.54) is 14.2 Å². The molecular weight excluding hydrogens is 276 g/mol. The van der Waals surface area contributed by atoms with Gasteiger partial charge in [0.05, 0.1) is 14.2 Å². The van der Waals surface area contributed by atoms with Gasteiger partial charge in [-0.2, -0.15) is 0 Å². The second kappa shape index (κ2) is 5.86. The van der Waals surface area contributed by atoms with Crippen LogP contribution in [-0.4, -0.2) is 31.4 Å². The molecule has 0 aliphatic heterocycles. The summed E-state index contributed by atoms with van der Waals surface area (Å²) in [6.45, 7) is 0. The third kappa shape index (κ3) is 3.21. The molecule has 0 fully saturated rings. The second-order valence-corrected chi connectivity index (χ2v) is 4.11. The van der Waals surface area contributed by atoms with Crippen molar-refractivity contribution in [2.24, 2.45) is 0 Å². The lowest BCUT2D eigenvalue weighted by molar-refractivity contribution is -0.150. The van der Waals surface area contributed by atoms with Crippen LogP contribution in [0.15, 0.2) is 22.7 Å². The maximum absolute atomic E-state index is 11.1. The Morgan fingerprint density at radius 3 is 2.75 bits per heavy atom. The number of hydrogen-bond acceptors (Lipinski definition) is 4. The average Bonchev–Trinajstić information content (AvgIpc) is 2.28. The monoisotopic (exact) mass is 288 g/mol. The largest absolute Gasteiger partial charge is 0.496 e. The summed E-state index contributed by atoms with van der Waals surface area (Å²) < 4.78 is 10.4. The zero-order chi connectivity index (χ0) is 12.1. The Balaban J connectivity index is 2.86. The van der Waals surface area contributed by atoms with Gasteiger partial charge in [0.25, 0.3) is 0 Å². The van der Waals surface area contributed by atoms with Crippen molar-refractivity contribution in [2.45, 2.75) is 12.5 Å². The molecule has 0 radical (unpaired) electrons. The smallest absolute Gasteiger partial charge is 0.335 e. The molecule has 0 heterocycles. The van der Waals surface area contributed by atoms with Crippen molar-refractivity contribution in [3.05, 3.63) is 28.2 Å². The highest BCUT2D eigenvalue weighted by molar-refractivity contribution is 9.10. The summed E-state index contributed by atoms with van der Waals surface area (Å²) >= 11 is 3.32. The summed E-state index contributed by atoms with van der Waals surface area (Å²) in [6, 6.07) is 5.39. The maximum atomic E-state index is 11.1. The highest BCUT2D eigenvalue weighted by atomic mass is 79.9. The van der Waals surface area contributed by atoms with Crippen molar-refractivity contribution < 1.29 is 19.4 Å². The van der Waals surface area contributed by atoms with Gasteiger partial charge in [0.15, 0.2) is 6.10 Å². The Bertz CT molecular complexity index is 378. The van der Waals surface area contributed by atoms with Crippen LogP contribution in [0.3, 0.4) is 0 Å².